The molecule has 2 rings (SSSR count). The minimum Gasteiger partial charge on any atom is -0.434 e. The molecule has 0 amide bonds. The zero-order valence-corrected chi connectivity index (χ0v) is 19.2. The van der Waals surface area contributed by atoms with Gasteiger partial charge in [0.1, 0.15) is 5.75 Å². The molecule has 0 aromatic heterocycles. The van der Waals surface area contributed by atoms with E-state index in [1.54, 1.807) is 20.2 Å². The standard InChI is InChI=1S/C18H27ClF2N4O2.HI/c1-22-18(23-7-8-25(9-10-26-2)15-4-5-15)24-12-13-11-14(19)3-6-16(13)27-17(20)21;/h3,6,11,15,17H,4-5,7-10,12H2,1-2H3,(H2,22,23,24);1H. The van der Waals surface area contributed by atoms with Crippen LogP contribution in [-0.4, -0.2) is 63.9 Å². The molecule has 1 saturated carbocycles. The predicted molar refractivity (Wildman–Crippen MR) is 118 cm³/mol. The molecule has 10 heteroatoms. The molecule has 6 nitrogen and oxygen atoms in total. The van der Waals surface area contributed by atoms with Crippen molar-refractivity contribution in [2.24, 2.45) is 4.99 Å². The van der Waals surface area contributed by atoms with Crippen LogP contribution in [0.1, 0.15) is 18.4 Å². The van der Waals surface area contributed by atoms with Crippen molar-refractivity contribution < 1.29 is 18.3 Å². The van der Waals surface area contributed by atoms with Crippen LogP contribution < -0.4 is 15.4 Å². The Morgan fingerprint density at radius 3 is 2.68 bits per heavy atom. The predicted octanol–water partition coefficient (Wildman–Crippen LogP) is 3.34. The minimum absolute atomic E-state index is 0. The van der Waals surface area contributed by atoms with Crippen molar-refractivity contribution in [3.8, 4) is 5.75 Å². The number of halogens is 4. The molecule has 2 N–H and O–H groups in total. The van der Waals surface area contributed by atoms with E-state index < -0.39 is 6.61 Å². The third-order valence-corrected chi connectivity index (χ3v) is 4.48. The monoisotopic (exact) mass is 532 g/mol. The molecule has 160 valence electrons. The fourth-order valence-electron chi connectivity index (χ4n) is 2.74. The van der Waals surface area contributed by atoms with E-state index in [0.717, 1.165) is 19.6 Å². The lowest BCUT2D eigenvalue weighted by Gasteiger charge is -2.22. The van der Waals surface area contributed by atoms with Gasteiger partial charge in [-0.2, -0.15) is 8.78 Å². The van der Waals surface area contributed by atoms with Gasteiger partial charge in [0.25, 0.3) is 0 Å². The lowest BCUT2D eigenvalue weighted by atomic mass is 10.2. The van der Waals surface area contributed by atoms with E-state index in [-0.39, 0.29) is 36.3 Å². The quantitative estimate of drug-likeness (QED) is 0.260. The maximum atomic E-state index is 12.5. The molecule has 1 aliphatic rings. The van der Waals surface area contributed by atoms with Crippen molar-refractivity contribution in [1.29, 1.82) is 0 Å². The second-order valence-corrected chi connectivity index (χ2v) is 6.68. The van der Waals surface area contributed by atoms with Crippen LogP contribution in [0.5, 0.6) is 5.75 Å². The molecule has 28 heavy (non-hydrogen) atoms. The van der Waals surface area contributed by atoms with Gasteiger partial charge in [-0.1, -0.05) is 11.6 Å². The number of alkyl halides is 2. The first-order valence-electron chi connectivity index (χ1n) is 8.94. The average Bonchev–Trinajstić information content (AvgIpc) is 3.47. The molecule has 0 heterocycles. The lowest BCUT2D eigenvalue weighted by molar-refractivity contribution is -0.0504. The fourth-order valence-corrected chi connectivity index (χ4v) is 2.93. The molecule has 1 aromatic carbocycles. The molecule has 0 bridgehead atoms. The summed E-state index contributed by atoms with van der Waals surface area (Å²) >= 11 is 5.97. The molecule has 0 saturated heterocycles. The third-order valence-electron chi connectivity index (χ3n) is 4.25. The molecule has 0 aliphatic heterocycles. The Balaban J connectivity index is 0.00000392. The Morgan fingerprint density at radius 2 is 2.07 bits per heavy atom. The van der Waals surface area contributed by atoms with Crippen molar-refractivity contribution in [3.05, 3.63) is 28.8 Å². The number of nitrogens with one attached hydrogen (secondary N) is 2. The Kier molecular flexibility index (Phi) is 12.0. The summed E-state index contributed by atoms with van der Waals surface area (Å²) in [7, 11) is 3.37. The number of hydrogen-bond acceptors (Lipinski definition) is 4. The maximum Gasteiger partial charge on any atom is 0.387 e. The second-order valence-electron chi connectivity index (χ2n) is 6.24. The Bertz CT molecular complexity index is 621. The van der Waals surface area contributed by atoms with Crippen LogP contribution in [0, 0.1) is 0 Å². The highest BCUT2D eigenvalue weighted by atomic mass is 127. The minimum atomic E-state index is -2.89. The molecule has 0 unspecified atom stereocenters. The zero-order chi connectivity index (χ0) is 19.6. The number of aliphatic imine (C=N–C) groups is 1. The van der Waals surface area contributed by atoms with Crippen molar-refractivity contribution in [2.75, 3.05) is 40.4 Å². The Hall–Kier alpha value is -0.910. The number of rotatable bonds is 11. The number of benzene rings is 1. The number of guanidine groups is 1. The van der Waals surface area contributed by atoms with Crippen LogP contribution in [0.2, 0.25) is 5.02 Å². The first-order chi connectivity index (χ1) is 13.0. The summed E-state index contributed by atoms with van der Waals surface area (Å²) in [6, 6.07) is 5.20. The van der Waals surface area contributed by atoms with Crippen molar-refractivity contribution >= 4 is 41.5 Å². The maximum absolute atomic E-state index is 12.5. The van der Waals surface area contributed by atoms with Gasteiger partial charge in [-0.15, -0.1) is 24.0 Å². The van der Waals surface area contributed by atoms with E-state index in [1.165, 1.54) is 25.0 Å². The molecule has 1 aromatic rings. The molecule has 0 radical (unpaired) electrons. The van der Waals surface area contributed by atoms with E-state index in [9.17, 15) is 8.78 Å². The van der Waals surface area contributed by atoms with Gasteiger partial charge in [0.15, 0.2) is 5.96 Å². The van der Waals surface area contributed by atoms with Gasteiger partial charge >= 0.3 is 6.61 Å². The summed E-state index contributed by atoms with van der Waals surface area (Å²) in [4.78, 5) is 6.56. The summed E-state index contributed by atoms with van der Waals surface area (Å²) in [5, 5.41) is 6.79. The first kappa shape index (κ1) is 25.1. The number of ether oxygens (including phenoxy) is 2. The zero-order valence-electron chi connectivity index (χ0n) is 16.1. The van der Waals surface area contributed by atoms with Crippen LogP contribution in [-0.2, 0) is 11.3 Å². The lowest BCUT2D eigenvalue weighted by Crippen LogP contribution is -2.42. The smallest absolute Gasteiger partial charge is 0.387 e. The van der Waals surface area contributed by atoms with Crippen molar-refractivity contribution in [2.45, 2.75) is 32.0 Å². The highest BCUT2D eigenvalue weighted by molar-refractivity contribution is 14.0. The van der Waals surface area contributed by atoms with Crippen LogP contribution in [0.3, 0.4) is 0 Å². The molecule has 0 atom stereocenters. The first-order valence-corrected chi connectivity index (χ1v) is 9.32. The van der Waals surface area contributed by atoms with Gasteiger partial charge < -0.3 is 20.1 Å². The van der Waals surface area contributed by atoms with Gasteiger partial charge in [0.05, 0.1) is 6.61 Å². The summed E-state index contributed by atoms with van der Waals surface area (Å²) < 4.78 is 34.8. The van der Waals surface area contributed by atoms with Gasteiger partial charge in [-0.3, -0.25) is 9.89 Å². The summed E-state index contributed by atoms with van der Waals surface area (Å²) in [6.07, 6.45) is 2.47. The average molecular weight is 533 g/mol. The van der Waals surface area contributed by atoms with Gasteiger partial charge in [-0.05, 0) is 31.0 Å². The Morgan fingerprint density at radius 1 is 1.32 bits per heavy atom. The van der Waals surface area contributed by atoms with E-state index in [1.807, 2.05) is 0 Å². The number of hydrogen-bond donors (Lipinski definition) is 2. The molecular formula is C18H28ClF2IN4O2. The number of nitrogens with zero attached hydrogens (tertiary/aromatic N) is 2. The van der Waals surface area contributed by atoms with E-state index in [4.69, 9.17) is 16.3 Å². The van der Waals surface area contributed by atoms with Crippen LogP contribution in [0.4, 0.5) is 8.78 Å². The SMILES string of the molecule is CN=C(NCCN(CCOC)C1CC1)NCc1cc(Cl)ccc1OC(F)F.I. The molecule has 1 aliphatic carbocycles. The molecule has 1 fully saturated rings. The van der Waals surface area contributed by atoms with E-state index in [2.05, 4.69) is 25.3 Å². The largest absolute Gasteiger partial charge is 0.434 e. The Labute approximate surface area is 187 Å². The van der Waals surface area contributed by atoms with Crippen molar-refractivity contribution in [3.63, 3.8) is 0 Å². The topological polar surface area (TPSA) is 58.1 Å². The van der Waals surface area contributed by atoms with Crippen molar-refractivity contribution in [1.82, 2.24) is 15.5 Å². The third kappa shape index (κ3) is 9.06. The molecular weight excluding hydrogens is 505 g/mol. The van der Waals surface area contributed by atoms with E-state index >= 15 is 0 Å². The van der Waals surface area contributed by atoms with Crippen LogP contribution in [0.25, 0.3) is 0 Å². The highest BCUT2D eigenvalue weighted by Gasteiger charge is 2.28. The number of methoxy groups -OCH3 is 1. The normalized spacial score (nSPS) is 14.2. The second kappa shape index (κ2) is 13.3. The fraction of sp³-hybridized carbons (Fsp3) is 0.611. The van der Waals surface area contributed by atoms with Gasteiger partial charge in [0, 0.05) is 57.0 Å². The summed E-state index contributed by atoms with van der Waals surface area (Å²) in [5.41, 5.74) is 0.533. The van der Waals surface area contributed by atoms with Gasteiger partial charge in [0.2, 0.25) is 0 Å². The molecule has 0 spiro atoms. The van der Waals surface area contributed by atoms with Crippen LogP contribution >= 0.6 is 35.6 Å². The summed E-state index contributed by atoms with van der Waals surface area (Å²) in [6.45, 7) is 0.597. The van der Waals surface area contributed by atoms with E-state index in [0.29, 0.717) is 29.2 Å². The van der Waals surface area contributed by atoms with Gasteiger partial charge in [-0.25, -0.2) is 0 Å². The van der Waals surface area contributed by atoms with Crippen LogP contribution in [0.15, 0.2) is 23.2 Å². The highest BCUT2D eigenvalue weighted by Crippen LogP contribution is 2.26. The summed E-state index contributed by atoms with van der Waals surface area (Å²) in [5.74, 6) is 0.678.